The van der Waals surface area contributed by atoms with E-state index in [0.717, 1.165) is 41.2 Å². The van der Waals surface area contributed by atoms with Crippen molar-refractivity contribution >= 4 is 23.5 Å². The summed E-state index contributed by atoms with van der Waals surface area (Å²) in [5.41, 5.74) is 3.42. The van der Waals surface area contributed by atoms with E-state index in [1.807, 2.05) is 19.9 Å². The molecule has 1 saturated heterocycles. The lowest BCUT2D eigenvalue weighted by Gasteiger charge is -2.26. The zero-order valence-electron chi connectivity index (χ0n) is 20.4. The molecule has 1 fully saturated rings. The van der Waals surface area contributed by atoms with Crippen LogP contribution < -0.4 is 4.90 Å². The Balaban J connectivity index is 1.47. The van der Waals surface area contributed by atoms with Gasteiger partial charge in [-0.15, -0.1) is 0 Å². The second-order valence-electron chi connectivity index (χ2n) is 8.81. The summed E-state index contributed by atoms with van der Waals surface area (Å²) in [4.78, 5) is 36.5. The van der Waals surface area contributed by atoms with E-state index in [1.165, 1.54) is 30.3 Å². The van der Waals surface area contributed by atoms with Crippen molar-refractivity contribution in [1.29, 1.82) is 0 Å². The largest absolute Gasteiger partial charge is 0.354 e. The zero-order chi connectivity index (χ0) is 25.7. The van der Waals surface area contributed by atoms with E-state index >= 15 is 0 Å². The van der Waals surface area contributed by atoms with Crippen molar-refractivity contribution in [3.05, 3.63) is 98.7 Å². The molecule has 0 spiro atoms. The van der Waals surface area contributed by atoms with E-state index in [4.69, 9.17) is 4.98 Å². The lowest BCUT2D eigenvalue weighted by Crippen LogP contribution is -2.35. The SMILES string of the molecule is Cc1nc(C)c(Cc2cccc(F)c2)c(N2CCCN(C(=O)C=Cc3ccc([N+](=O)[O-])cc3)CC2)n1. The number of nitro benzene ring substituents is 1. The van der Waals surface area contributed by atoms with Gasteiger partial charge >= 0.3 is 0 Å². The van der Waals surface area contributed by atoms with Gasteiger partial charge in [-0.3, -0.25) is 14.9 Å². The Kier molecular flexibility index (Phi) is 7.68. The number of nitro groups is 1. The van der Waals surface area contributed by atoms with Crippen molar-refractivity contribution in [3.8, 4) is 0 Å². The first-order valence-electron chi connectivity index (χ1n) is 11.8. The summed E-state index contributed by atoms with van der Waals surface area (Å²) in [5, 5.41) is 10.8. The molecule has 0 radical (unpaired) electrons. The average molecular weight is 490 g/mol. The fourth-order valence-electron chi connectivity index (χ4n) is 4.37. The molecular formula is C27H28FN5O3. The van der Waals surface area contributed by atoms with Crippen LogP contribution in [0.1, 0.15) is 34.6 Å². The van der Waals surface area contributed by atoms with Crippen molar-refractivity contribution in [2.75, 3.05) is 31.1 Å². The topological polar surface area (TPSA) is 92.5 Å². The third-order valence-electron chi connectivity index (χ3n) is 6.20. The lowest BCUT2D eigenvalue weighted by atomic mass is 10.0. The Morgan fingerprint density at radius 3 is 2.58 bits per heavy atom. The molecule has 9 heteroatoms. The molecule has 0 atom stereocenters. The predicted octanol–water partition coefficient (Wildman–Crippen LogP) is 4.48. The highest BCUT2D eigenvalue weighted by Gasteiger charge is 2.22. The van der Waals surface area contributed by atoms with Gasteiger partial charge < -0.3 is 9.80 Å². The monoisotopic (exact) mass is 489 g/mol. The number of aromatic nitrogens is 2. The highest BCUT2D eigenvalue weighted by atomic mass is 19.1. The molecule has 0 aliphatic carbocycles. The van der Waals surface area contributed by atoms with Crippen molar-refractivity contribution in [2.24, 2.45) is 0 Å². The minimum absolute atomic E-state index is 0.0121. The maximum absolute atomic E-state index is 13.8. The lowest BCUT2D eigenvalue weighted by molar-refractivity contribution is -0.384. The Bertz CT molecular complexity index is 1290. The van der Waals surface area contributed by atoms with Gasteiger partial charge in [0, 0.05) is 62.1 Å². The van der Waals surface area contributed by atoms with E-state index in [2.05, 4.69) is 9.88 Å². The van der Waals surface area contributed by atoms with Crippen LogP contribution >= 0.6 is 0 Å². The molecule has 0 N–H and O–H groups in total. The molecule has 1 aliphatic heterocycles. The smallest absolute Gasteiger partial charge is 0.269 e. The first-order chi connectivity index (χ1) is 17.3. The Morgan fingerprint density at radius 1 is 1.08 bits per heavy atom. The molecule has 36 heavy (non-hydrogen) atoms. The number of nitrogens with zero attached hydrogens (tertiary/aromatic N) is 5. The van der Waals surface area contributed by atoms with E-state index in [0.29, 0.717) is 31.9 Å². The third kappa shape index (κ3) is 6.10. The predicted molar refractivity (Wildman–Crippen MR) is 136 cm³/mol. The molecule has 3 aromatic rings. The quantitative estimate of drug-likeness (QED) is 0.288. The number of carbonyl (C=O) groups excluding carboxylic acids is 1. The van der Waals surface area contributed by atoms with Crippen LogP contribution in [0.25, 0.3) is 6.08 Å². The summed E-state index contributed by atoms with van der Waals surface area (Å²) in [6, 6.07) is 12.6. The number of amides is 1. The minimum atomic E-state index is -0.453. The molecule has 186 valence electrons. The van der Waals surface area contributed by atoms with E-state index < -0.39 is 4.92 Å². The molecule has 8 nitrogen and oxygen atoms in total. The second-order valence-corrected chi connectivity index (χ2v) is 8.81. The molecule has 2 heterocycles. The van der Waals surface area contributed by atoms with Crippen molar-refractivity contribution in [2.45, 2.75) is 26.7 Å². The molecule has 0 bridgehead atoms. The van der Waals surface area contributed by atoms with E-state index in [9.17, 15) is 19.3 Å². The van der Waals surface area contributed by atoms with Crippen molar-refractivity contribution in [3.63, 3.8) is 0 Å². The number of benzene rings is 2. The van der Waals surface area contributed by atoms with Crippen LogP contribution in [0.5, 0.6) is 0 Å². The van der Waals surface area contributed by atoms with E-state index in [1.54, 1.807) is 29.2 Å². The van der Waals surface area contributed by atoms with Gasteiger partial charge in [-0.2, -0.15) is 0 Å². The Labute approximate surface area is 209 Å². The third-order valence-corrected chi connectivity index (χ3v) is 6.20. The maximum Gasteiger partial charge on any atom is 0.269 e. The summed E-state index contributed by atoms with van der Waals surface area (Å²) in [5.74, 6) is 1.13. The number of aryl methyl sites for hydroxylation is 2. The molecule has 1 amide bonds. The number of carbonyl (C=O) groups is 1. The van der Waals surface area contributed by atoms with Crippen molar-refractivity contribution < 1.29 is 14.1 Å². The van der Waals surface area contributed by atoms with Crippen molar-refractivity contribution in [1.82, 2.24) is 14.9 Å². The fourth-order valence-corrected chi connectivity index (χ4v) is 4.37. The number of hydrogen-bond donors (Lipinski definition) is 0. The van der Waals surface area contributed by atoms with Gasteiger partial charge in [0.25, 0.3) is 5.69 Å². The van der Waals surface area contributed by atoms with Crippen LogP contribution in [0, 0.1) is 29.8 Å². The van der Waals surface area contributed by atoms with Gasteiger partial charge in [-0.05, 0) is 61.7 Å². The number of anilines is 1. The van der Waals surface area contributed by atoms with Crippen LogP contribution in [-0.2, 0) is 11.2 Å². The molecular weight excluding hydrogens is 461 g/mol. The molecule has 1 aliphatic rings. The molecule has 1 aromatic heterocycles. The van der Waals surface area contributed by atoms with Gasteiger partial charge in [0.15, 0.2) is 0 Å². The van der Waals surface area contributed by atoms with Crippen LogP contribution in [0.3, 0.4) is 0 Å². The average Bonchev–Trinajstić information content (AvgIpc) is 3.11. The van der Waals surface area contributed by atoms with Crippen LogP contribution in [0.15, 0.2) is 54.6 Å². The van der Waals surface area contributed by atoms with Crippen LogP contribution in [0.2, 0.25) is 0 Å². The number of non-ortho nitro benzene ring substituents is 1. The zero-order valence-corrected chi connectivity index (χ0v) is 20.4. The summed E-state index contributed by atoms with van der Waals surface area (Å²) in [6.07, 6.45) is 4.48. The Morgan fingerprint density at radius 2 is 1.86 bits per heavy atom. The second kappa shape index (κ2) is 11.1. The Hall–Kier alpha value is -4.14. The number of halogens is 1. The molecule has 0 saturated carbocycles. The molecule has 4 rings (SSSR count). The first-order valence-corrected chi connectivity index (χ1v) is 11.8. The summed E-state index contributed by atoms with van der Waals surface area (Å²) in [7, 11) is 0. The van der Waals surface area contributed by atoms with E-state index in [-0.39, 0.29) is 17.4 Å². The van der Waals surface area contributed by atoms with Gasteiger partial charge in [0.05, 0.1) is 4.92 Å². The van der Waals surface area contributed by atoms with Gasteiger partial charge in [-0.1, -0.05) is 12.1 Å². The molecule has 2 aromatic carbocycles. The minimum Gasteiger partial charge on any atom is -0.354 e. The molecule has 0 unspecified atom stereocenters. The maximum atomic E-state index is 13.8. The van der Waals surface area contributed by atoms with Gasteiger partial charge in [0.1, 0.15) is 17.5 Å². The summed E-state index contributed by atoms with van der Waals surface area (Å²) in [6.45, 7) is 6.31. The van der Waals surface area contributed by atoms with Gasteiger partial charge in [0.2, 0.25) is 5.91 Å². The van der Waals surface area contributed by atoms with Crippen LogP contribution in [0.4, 0.5) is 15.9 Å². The highest BCUT2D eigenvalue weighted by Crippen LogP contribution is 2.25. The summed E-state index contributed by atoms with van der Waals surface area (Å²) >= 11 is 0. The number of rotatable bonds is 6. The number of hydrogen-bond acceptors (Lipinski definition) is 6. The first kappa shape index (κ1) is 25.0. The summed E-state index contributed by atoms with van der Waals surface area (Å²) < 4.78 is 13.8. The highest BCUT2D eigenvalue weighted by molar-refractivity contribution is 5.91. The fraction of sp³-hybridized carbons (Fsp3) is 0.296. The standard InChI is InChI=1S/C27H28FN5O3/c1-19-25(18-22-5-3-6-23(28)17-22)27(30-20(2)29-19)32-14-4-13-31(15-16-32)26(34)12-9-21-7-10-24(11-8-21)33(35)36/h3,5-12,17H,4,13-16,18H2,1-2H3. The van der Waals surface area contributed by atoms with Gasteiger partial charge in [-0.25, -0.2) is 14.4 Å². The normalized spacial score (nSPS) is 14.2. The van der Waals surface area contributed by atoms with Crippen LogP contribution in [-0.4, -0.2) is 51.9 Å².